The molecule has 3 nitrogen and oxygen atoms in total. The molecule has 0 heterocycles. The first-order chi connectivity index (χ1) is 8.09. The first-order valence-corrected chi connectivity index (χ1v) is 5.30. The van der Waals surface area contributed by atoms with Gasteiger partial charge in [0, 0.05) is 5.57 Å². The van der Waals surface area contributed by atoms with Crippen LogP contribution in [0.15, 0.2) is 53.3 Å². The SMILES string of the molecule is CC1=CC(=O)C(=O)C(C)=C1Oc1ccccc1. The molecule has 0 spiro atoms. The zero-order valence-electron chi connectivity index (χ0n) is 9.69. The van der Waals surface area contributed by atoms with E-state index in [-0.39, 0.29) is 0 Å². The molecular weight excluding hydrogens is 216 g/mol. The van der Waals surface area contributed by atoms with E-state index in [1.807, 2.05) is 18.2 Å². The van der Waals surface area contributed by atoms with Crippen molar-refractivity contribution in [2.45, 2.75) is 13.8 Å². The summed E-state index contributed by atoms with van der Waals surface area (Å²) in [7, 11) is 0. The number of hydrogen-bond donors (Lipinski definition) is 0. The highest BCUT2D eigenvalue weighted by Gasteiger charge is 2.25. The van der Waals surface area contributed by atoms with Gasteiger partial charge in [-0.3, -0.25) is 9.59 Å². The highest BCUT2D eigenvalue weighted by molar-refractivity contribution is 6.48. The Morgan fingerprint density at radius 1 is 1.00 bits per heavy atom. The topological polar surface area (TPSA) is 43.4 Å². The van der Waals surface area contributed by atoms with Crippen molar-refractivity contribution < 1.29 is 14.3 Å². The lowest BCUT2D eigenvalue weighted by molar-refractivity contribution is -0.131. The number of carbonyl (C=O) groups excluding carboxylic acids is 2. The van der Waals surface area contributed by atoms with Crippen LogP contribution < -0.4 is 4.74 Å². The first kappa shape index (κ1) is 11.3. The summed E-state index contributed by atoms with van der Waals surface area (Å²) >= 11 is 0. The molecule has 2 rings (SSSR count). The minimum absolute atomic E-state index is 0.360. The lowest BCUT2D eigenvalue weighted by Gasteiger charge is -2.16. The maximum atomic E-state index is 11.5. The largest absolute Gasteiger partial charge is 0.457 e. The summed E-state index contributed by atoms with van der Waals surface area (Å²) in [5.74, 6) is 0.138. The van der Waals surface area contributed by atoms with Gasteiger partial charge in [-0.2, -0.15) is 0 Å². The maximum Gasteiger partial charge on any atom is 0.232 e. The van der Waals surface area contributed by atoms with Crippen LogP contribution in [0.25, 0.3) is 0 Å². The summed E-state index contributed by atoms with van der Waals surface area (Å²) in [5, 5.41) is 0. The number of para-hydroxylation sites is 1. The molecule has 0 fully saturated rings. The summed E-state index contributed by atoms with van der Waals surface area (Å²) < 4.78 is 5.64. The van der Waals surface area contributed by atoms with Crippen molar-refractivity contribution in [2.75, 3.05) is 0 Å². The molecule has 1 aliphatic rings. The van der Waals surface area contributed by atoms with Crippen LogP contribution in [0.1, 0.15) is 13.8 Å². The van der Waals surface area contributed by atoms with Crippen molar-refractivity contribution in [1.82, 2.24) is 0 Å². The van der Waals surface area contributed by atoms with E-state index in [4.69, 9.17) is 4.74 Å². The molecule has 86 valence electrons. The van der Waals surface area contributed by atoms with Crippen LogP contribution in [-0.2, 0) is 9.59 Å². The average Bonchev–Trinajstić information content (AvgIpc) is 2.33. The summed E-state index contributed by atoms with van der Waals surface area (Å²) in [5.41, 5.74) is 1.04. The fourth-order valence-corrected chi connectivity index (χ4v) is 1.67. The molecular formula is C14H12O3. The van der Waals surface area contributed by atoms with Crippen molar-refractivity contribution in [3.05, 3.63) is 53.3 Å². The number of allylic oxidation sites excluding steroid dienone is 3. The third kappa shape index (κ3) is 2.18. The molecule has 0 bridgehead atoms. The van der Waals surface area contributed by atoms with Crippen LogP contribution >= 0.6 is 0 Å². The lowest BCUT2D eigenvalue weighted by atomic mass is 9.97. The highest BCUT2D eigenvalue weighted by Crippen LogP contribution is 2.24. The minimum Gasteiger partial charge on any atom is -0.457 e. The Bertz CT molecular complexity index is 536. The predicted octanol–water partition coefficient (Wildman–Crippen LogP) is 2.44. The van der Waals surface area contributed by atoms with E-state index < -0.39 is 11.6 Å². The van der Waals surface area contributed by atoms with Gasteiger partial charge in [-0.1, -0.05) is 18.2 Å². The first-order valence-electron chi connectivity index (χ1n) is 5.30. The highest BCUT2D eigenvalue weighted by atomic mass is 16.5. The molecule has 0 unspecified atom stereocenters. The molecule has 1 aromatic rings. The van der Waals surface area contributed by atoms with Gasteiger partial charge in [-0.05, 0) is 37.6 Å². The zero-order valence-corrected chi connectivity index (χ0v) is 9.69. The summed E-state index contributed by atoms with van der Waals surface area (Å²) in [6, 6.07) is 9.18. The number of ketones is 2. The standard InChI is InChI=1S/C14H12O3/c1-9-8-12(15)13(16)10(2)14(9)17-11-6-4-3-5-7-11/h3-8H,1-2H3. The molecule has 1 aromatic carbocycles. The van der Waals surface area contributed by atoms with Gasteiger partial charge in [0.15, 0.2) is 0 Å². The van der Waals surface area contributed by atoms with Crippen LogP contribution in [0, 0.1) is 0 Å². The van der Waals surface area contributed by atoms with E-state index >= 15 is 0 Å². The molecule has 0 aliphatic heterocycles. The minimum atomic E-state index is -0.499. The molecule has 0 N–H and O–H groups in total. The van der Waals surface area contributed by atoms with Crippen LogP contribution in [0.2, 0.25) is 0 Å². The number of Topliss-reactive ketones (excluding diaryl/α,β-unsaturated/α-hetero) is 1. The smallest absolute Gasteiger partial charge is 0.232 e. The fraction of sp³-hybridized carbons (Fsp3) is 0.143. The van der Waals surface area contributed by atoms with E-state index in [2.05, 4.69) is 0 Å². The van der Waals surface area contributed by atoms with Gasteiger partial charge in [0.05, 0.1) is 0 Å². The molecule has 0 radical (unpaired) electrons. The second-order valence-corrected chi connectivity index (χ2v) is 3.89. The van der Waals surface area contributed by atoms with Gasteiger partial charge >= 0.3 is 0 Å². The molecule has 0 aromatic heterocycles. The average molecular weight is 228 g/mol. The molecule has 1 aliphatic carbocycles. The number of ether oxygens (including phenoxy) is 1. The maximum absolute atomic E-state index is 11.5. The second-order valence-electron chi connectivity index (χ2n) is 3.89. The van der Waals surface area contributed by atoms with E-state index in [0.29, 0.717) is 22.7 Å². The van der Waals surface area contributed by atoms with E-state index in [1.54, 1.807) is 26.0 Å². The van der Waals surface area contributed by atoms with E-state index in [9.17, 15) is 9.59 Å². The fourth-order valence-electron chi connectivity index (χ4n) is 1.67. The number of hydrogen-bond acceptors (Lipinski definition) is 3. The molecule has 17 heavy (non-hydrogen) atoms. The zero-order chi connectivity index (χ0) is 12.4. The molecule has 0 atom stereocenters. The quantitative estimate of drug-likeness (QED) is 0.576. The van der Waals surface area contributed by atoms with Crippen molar-refractivity contribution in [2.24, 2.45) is 0 Å². The van der Waals surface area contributed by atoms with Crippen LogP contribution in [0.5, 0.6) is 5.75 Å². The predicted molar refractivity (Wildman–Crippen MR) is 63.5 cm³/mol. The third-order valence-electron chi connectivity index (χ3n) is 2.57. The van der Waals surface area contributed by atoms with Crippen molar-refractivity contribution in [3.63, 3.8) is 0 Å². The summed E-state index contributed by atoms with van der Waals surface area (Å²) in [6.45, 7) is 3.36. The van der Waals surface area contributed by atoms with Crippen molar-refractivity contribution >= 4 is 11.6 Å². The van der Waals surface area contributed by atoms with Crippen molar-refractivity contribution in [1.29, 1.82) is 0 Å². The third-order valence-corrected chi connectivity index (χ3v) is 2.57. The van der Waals surface area contributed by atoms with Crippen LogP contribution in [0.3, 0.4) is 0 Å². The van der Waals surface area contributed by atoms with Gasteiger partial charge in [-0.25, -0.2) is 0 Å². The molecule has 0 saturated carbocycles. The van der Waals surface area contributed by atoms with E-state index in [0.717, 1.165) is 0 Å². The Morgan fingerprint density at radius 2 is 1.65 bits per heavy atom. The Hall–Kier alpha value is -2.16. The Morgan fingerprint density at radius 3 is 2.29 bits per heavy atom. The van der Waals surface area contributed by atoms with Crippen LogP contribution in [-0.4, -0.2) is 11.6 Å². The Balaban J connectivity index is 2.35. The van der Waals surface area contributed by atoms with Gasteiger partial charge in [-0.15, -0.1) is 0 Å². The summed E-state index contributed by atoms with van der Waals surface area (Å²) in [6.07, 6.45) is 1.31. The molecule has 0 saturated heterocycles. The van der Waals surface area contributed by atoms with Gasteiger partial charge in [0.25, 0.3) is 0 Å². The normalized spacial score (nSPS) is 16.0. The lowest BCUT2D eigenvalue weighted by Crippen LogP contribution is -2.21. The number of benzene rings is 1. The Kier molecular flexibility index (Phi) is 2.91. The van der Waals surface area contributed by atoms with E-state index in [1.165, 1.54) is 6.08 Å². The monoisotopic (exact) mass is 228 g/mol. The summed E-state index contributed by atoms with van der Waals surface area (Å²) in [4.78, 5) is 22.8. The van der Waals surface area contributed by atoms with Crippen molar-refractivity contribution in [3.8, 4) is 5.75 Å². The molecule has 3 heteroatoms. The van der Waals surface area contributed by atoms with Gasteiger partial charge in [0.1, 0.15) is 11.5 Å². The molecule has 0 amide bonds. The Labute approximate surface area is 99.4 Å². The van der Waals surface area contributed by atoms with Crippen LogP contribution in [0.4, 0.5) is 0 Å². The van der Waals surface area contributed by atoms with Gasteiger partial charge in [0.2, 0.25) is 11.6 Å². The number of carbonyl (C=O) groups is 2. The second kappa shape index (κ2) is 4.37. The van der Waals surface area contributed by atoms with Gasteiger partial charge < -0.3 is 4.74 Å². The number of rotatable bonds is 2.